The second-order valence-corrected chi connectivity index (χ2v) is 6.29. The molecule has 0 bridgehead atoms. The molecule has 1 aromatic rings. The summed E-state index contributed by atoms with van der Waals surface area (Å²) >= 11 is 1.64. The van der Waals surface area contributed by atoms with Gasteiger partial charge < -0.3 is 10.6 Å². The fraction of sp³-hybridized carbons (Fsp3) is 0.643. The summed E-state index contributed by atoms with van der Waals surface area (Å²) in [4.78, 5) is 7.07. The van der Waals surface area contributed by atoms with Gasteiger partial charge in [0.25, 0.3) is 0 Å². The van der Waals surface area contributed by atoms with Crippen LogP contribution >= 0.6 is 35.3 Å². The van der Waals surface area contributed by atoms with E-state index in [9.17, 15) is 13.2 Å². The number of nitrogens with one attached hydrogen (secondary N) is 2. The Hall–Kier alpha value is -0.550. The van der Waals surface area contributed by atoms with Crippen molar-refractivity contribution in [3.05, 3.63) is 22.4 Å². The highest BCUT2D eigenvalue weighted by molar-refractivity contribution is 14.0. The van der Waals surface area contributed by atoms with E-state index in [-0.39, 0.29) is 30.0 Å². The van der Waals surface area contributed by atoms with Gasteiger partial charge in [-0.2, -0.15) is 13.2 Å². The number of hydrogen-bond acceptors (Lipinski definition) is 3. The molecule has 4 nitrogen and oxygen atoms in total. The lowest BCUT2D eigenvalue weighted by atomic mass is 10.3. The van der Waals surface area contributed by atoms with Gasteiger partial charge in [-0.05, 0) is 24.8 Å². The number of alkyl halides is 3. The zero-order chi connectivity index (χ0) is 16.0. The molecule has 23 heavy (non-hydrogen) atoms. The molecule has 9 heteroatoms. The van der Waals surface area contributed by atoms with Crippen LogP contribution in [-0.2, 0) is 6.54 Å². The Balaban J connectivity index is 0.00000264. The third-order valence-electron chi connectivity index (χ3n) is 3.33. The van der Waals surface area contributed by atoms with Gasteiger partial charge in [0.15, 0.2) is 5.96 Å². The van der Waals surface area contributed by atoms with Gasteiger partial charge in [-0.25, -0.2) is 4.99 Å². The van der Waals surface area contributed by atoms with Crippen molar-refractivity contribution in [3.8, 4) is 0 Å². The second-order valence-electron chi connectivity index (χ2n) is 5.25. The third-order valence-corrected chi connectivity index (χ3v) is 4.19. The molecule has 132 valence electrons. The van der Waals surface area contributed by atoms with Crippen molar-refractivity contribution in [2.24, 2.45) is 4.99 Å². The number of rotatable bonds is 5. The molecule has 0 amide bonds. The van der Waals surface area contributed by atoms with Gasteiger partial charge in [0.05, 0.1) is 13.1 Å². The summed E-state index contributed by atoms with van der Waals surface area (Å²) < 4.78 is 37.2. The standard InChI is InChI=1S/C14H21F3N4S.HI/c1-2-18-13(19-8-12-4-3-7-22-12)20-11-5-6-21(9-11)10-14(15,16)17;/h3-4,7,11H,2,5-6,8-10H2,1H3,(H2,18,19,20);1H. The van der Waals surface area contributed by atoms with E-state index in [1.165, 1.54) is 4.90 Å². The Bertz CT molecular complexity index is 479. The van der Waals surface area contributed by atoms with Crippen LogP contribution in [0.5, 0.6) is 0 Å². The van der Waals surface area contributed by atoms with Gasteiger partial charge in [-0.3, -0.25) is 4.90 Å². The predicted molar refractivity (Wildman–Crippen MR) is 98.6 cm³/mol. The number of aliphatic imine (C=N–C) groups is 1. The van der Waals surface area contributed by atoms with Crippen molar-refractivity contribution >= 4 is 41.3 Å². The molecule has 1 saturated heterocycles. The molecule has 1 aliphatic rings. The van der Waals surface area contributed by atoms with Crippen LogP contribution in [-0.4, -0.2) is 49.3 Å². The van der Waals surface area contributed by atoms with Crippen LogP contribution in [0.2, 0.25) is 0 Å². The fourth-order valence-electron chi connectivity index (χ4n) is 2.42. The summed E-state index contributed by atoms with van der Waals surface area (Å²) in [6.07, 6.45) is -3.44. The Labute approximate surface area is 155 Å². The number of hydrogen-bond donors (Lipinski definition) is 2. The Morgan fingerprint density at radius 2 is 2.26 bits per heavy atom. The smallest absolute Gasteiger partial charge is 0.357 e. The van der Waals surface area contributed by atoms with Crippen LogP contribution in [0, 0.1) is 0 Å². The van der Waals surface area contributed by atoms with E-state index in [1.807, 2.05) is 24.4 Å². The normalized spacial score (nSPS) is 19.5. The molecule has 1 unspecified atom stereocenters. The largest absolute Gasteiger partial charge is 0.401 e. The van der Waals surface area contributed by atoms with E-state index in [1.54, 1.807) is 11.3 Å². The highest BCUT2D eigenvalue weighted by atomic mass is 127. The number of nitrogens with zero attached hydrogens (tertiary/aromatic N) is 2. The number of likely N-dealkylation sites (tertiary alicyclic amines) is 1. The second kappa shape index (κ2) is 9.67. The minimum Gasteiger partial charge on any atom is -0.357 e. The zero-order valence-electron chi connectivity index (χ0n) is 12.9. The highest BCUT2D eigenvalue weighted by Crippen LogP contribution is 2.20. The molecule has 0 aromatic carbocycles. The lowest BCUT2D eigenvalue weighted by Crippen LogP contribution is -2.45. The lowest BCUT2D eigenvalue weighted by molar-refractivity contribution is -0.143. The first-order valence-electron chi connectivity index (χ1n) is 7.32. The maximum absolute atomic E-state index is 12.4. The van der Waals surface area contributed by atoms with E-state index in [2.05, 4.69) is 15.6 Å². The van der Waals surface area contributed by atoms with Crippen LogP contribution < -0.4 is 10.6 Å². The Kier molecular flexibility index (Phi) is 8.62. The average molecular weight is 462 g/mol. The zero-order valence-corrected chi connectivity index (χ0v) is 16.0. The number of halogens is 4. The molecular weight excluding hydrogens is 440 g/mol. The first-order valence-corrected chi connectivity index (χ1v) is 8.20. The van der Waals surface area contributed by atoms with E-state index in [0.717, 1.165) is 11.4 Å². The van der Waals surface area contributed by atoms with Crippen molar-refractivity contribution in [2.75, 3.05) is 26.2 Å². The van der Waals surface area contributed by atoms with Crippen molar-refractivity contribution in [1.82, 2.24) is 15.5 Å². The minimum absolute atomic E-state index is 0. The predicted octanol–water partition coefficient (Wildman–Crippen LogP) is 3.06. The fourth-order valence-corrected chi connectivity index (χ4v) is 3.05. The molecule has 2 N–H and O–H groups in total. The van der Waals surface area contributed by atoms with Crippen molar-refractivity contribution in [3.63, 3.8) is 0 Å². The molecule has 1 aromatic heterocycles. The van der Waals surface area contributed by atoms with E-state index in [0.29, 0.717) is 32.0 Å². The van der Waals surface area contributed by atoms with E-state index < -0.39 is 12.7 Å². The molecule has 1 atom stereocenters. The maximum atomic E-state index is 12.4. The van der Waals surface area contributed by atoms with Gasteiger partial charge in [-0.1, -0.05) is 6.07 Å². The topological polar surface area (TPSA) is 39.7 Å². The number of thiophene rings is 1. The minimum atomic E-state index is -4.13. The van der Waals surface area contributed by atoms with Crippen LogP contribution in [0.1, 0.15) is 18.2 Å². The third kappa shape index (κ3) is 7.71. The monoisotopic (exact) mass is 462 g/mol. The molecule has 0 saturated carbocycles. The van der Waals surface area contributed by atoms with Gasteiger partial charge in [0.1, 0.15) is 0 Å². The summed E-state index contributed by atoms with van der Waals surface area (Å²) in [6.45, 7) is 3.27. The van der Waals surface area contributed by atoms with Gasteiger partial charge in [0, 0.05) is 30.6 Å². The summed E-state index contributed by atoms with van der Waals surface area (Å²) in [5.74, 6) is 0.662. The molecule has 0 radical (unpaired) electrons. The molecule has 0 spiro atoms. The van der Waals surface area contributed by atoms with Crippen molar-refractivity contribution in [2.45, 2.75) is 32.1 Å². The van der Waals surface area contributed by atoms with Crippen LogP contribution in [0.25, 0.3) is 0 Å². The molecule has 1 fully saturated rings. The molecule has 2 rings (SSSR count). The molecule has 1 aliphatic heterocycles. The summed E-state index contributed by atoms with van der Waals surface area (Å²) in [5, 5.41) is 8.36. The average Bonchev–Trinajstić information content (AvgIpc) is 3.06. The van der Waals surface area contributed by atoms with E-state index >= 15 is 0 Å². The lowest BCUT2D eigenvalue weighted by Gasteiger charge is -2.19. The molecular formula is C14H22F3IN4S. The first kappa shape index (κ1) is 20.5. The maximum Gasteiger partial charge on any atom is 0.401 e. The summed E-state index contributed by atoms with van der Waals surface area (Å²) in [6, 6.07) is 3.99. The molecule has 2 heterocycles. The first-order chi connectivity index (χ1) is 10.5. The van der Waals surface area contributed by atoms with Gasteiger partial charge in [0.2, 0.25) is 0 Å². The van der Waals surface area contributed by atoms with Gasteiger partial charge in [-0.15, -0.1) is 35.3 Å². The molecule has 0 aliphatic carbocycles. The summed E-state index contributed by atoms with van der Waals surface area (Å²) in [5.41, 5.74) is 0. The van der Waals surface area contributed by atoms with Crippen LogP contribution in [0.3, 0.4) is 0 Å². The Morgan fingerprint density at radius 3 is 2.87 bits per heavy atom. The highest BCUT2D eigenvalue weighted by Gasteiger charge is 2.34. The SMILES string of the molecule is CCNC(=NCc1cccs1)NC1CCN(CC(F)(F)F)C1.I. The van der Waals surface area contributed by atoms with Crippen molar-refractivity contribution in [1.29, 1.82) is 0 Å². The number of guanidine groups is 1. The van der Waals surface area contributed by atoms with E-state index in [4.69, 9.17) is 0 Å². The van der Waals surface area contributed by atoms with Gasteiger partial charge >= 0.3 is 6.18 Å². The summed E-state index contributed by atoms with van der Waals surface area (Å²) in [7, 11) is 0. The quantitative estimate of drug-likeness (QED) is 0.402. The Morgan fingerprint density at radius 1 is 1.48 bits per heavy atom. The van der Waals surface area contributed by atoms with Crippen molar-refractivity contribution < 1.29 is 13.2 Å². The van der Waals surface area contributed by atoms with Crippen LogP contribution in [0.15, 0.2) is 22.5 Å². The van der Waals surface area contributed by atoms with Crippen LogP contribution in [0.4, 0.5) is 13.2 Å².